The molecule has 2 aromatic carbocycles. The Hall–Kier alpha value is -4.17. The highest BCUT2D eigenvalue weighted by Crippen LogP contribution is 2.60. The van der Waals surface area contributed by atoms with Crippen LogP contribution in [0.4, 0.5) is 11.4 Å². The van der Waals surface area contributed by atoms with Crippen molar-refractivity contribution < 1.29 is 33.8 Å². The van der Waals surface area contributed by atoms with Crippen LogP contribution in [0.5, 0.6) is 0 Å². The Morgan fingerprint density at radius 3 is 2.62 bits per heavy atom. The Bertz CT molecular complexity index is 1690. The van der Waals surface area contributed by atoms with Crippen molar-refractivity contribution in [1.29, 1.82) is 0 Å². The minimum atomic E-state index is -2.92. The predicted molar refractivity (Wildman–Crippen MR) is 176 cm³/mol. The molecule has 13 heteroatoms. The van der Waals surface area contributed by atoms with E-state index in [2.05, 4.69) is 16.9 Å². The minimum absolute atomic E-state index is 0.0824. The zero-order valence-electron chi connectivity index (χ0n) is 27.1. The van der Waals surface area contributed by atoms with Crippen LogP contribution < -0.4 is 9.80 Å². The number of benzene rings is 2. The van der Waals surface area contributed by atoms with Gasteiger partial charge >= 0.3 is 5.97 Å². The van der Waals surface area contributed by atoms with Crippen molar-refractivity contribution >= 4 is 37.5 Å². The van der Waals surface area contributed by atoms with Crippen molar-refractivity contribution in [2.75, 3.05) is 23.0 Å². The van der Waals surface area contributed by atoms with Gasteiger partial charge in [-0.25, -0.2) is 0 Å². The van der Waals surface area contributed by atoms with Gasteiger partial charge in [0.1, 0.15) is 0 Å². The largest absolute Gasteiger partial charge is 0.441 e. The molecule has 6 atom stereocenters. The number of nitrogens with zero attached hydrogens (tertiary/aromatic N) is 5. The van der Waals surface area contributed by atoms with Gasteiger partial charge in [0.15, 0.2) is 20.1 Å². The first-order chi connectivity index (χ1) is 22.4. The molecule has 47 heavy (non-hydrogen) atoms. The lowest BCUT2D eigenvalue weighted by molar-refractivity contribution is -0.153. The molecule has 0 saturated carbocycles. The number of aliphatic hydroxyl groups is 1. The Kier molecular flexibility index (Phi) is 8.68. The third-order valence-electron chi connectivity index (χ3n) is 9.71. The summed E-state index contributed by atoms with van der Waals surface area (Å²) >= 11 is 0. The topological polar surface area (TPSA) is 147 Å². The van der Waals surface area contributed by atoms with Crippen molar-refractivity contribution in [3.8, 4) is 0 Å². The normalized spacial score (nSPS) is 26.0. The molecule has 2 amide bonds. The average Bonchev–Trinajstić information content (AvgIpc) is 3.67. The predicted octanol–water partition coefficient (Wildman–Crippen LogP) is 3.45. The number of β-lactam (4-membered cyclic amide) rings is 1. The molecule has 1 spiro atoms. The van der Waals surface area contributed by atoms with Crippen molar-refractivity contribution in [2.45, 2.75) is 75.7 Å². The number of rotatable bonds is 11. The van der Waals surface area contributed by atoms with Crippen LogP contribution >= 0.6 is 0 Å². The highest BCUT2D eigenvalue weighted by Gasteiger charge is 2.66. The van der Waals surface area contributed by atoms with Gasteiger partial charge in [-0.1, -0.05) is 48.5 Å². The first kappa shape index (κ1) is 32.8. The molecule has 6 rings (SSSR count). The first-order valence-electron chi connectivity index (χ1n) is 15.9. The van der Waals surface area contributed by atoms with E-state index >= 15 is 0 Å². The van der Waals surface area contributed by atoms with E-state index in [9.17, 15) is 24.3 Å². The van der Waals surface area contributed by atoms with Gasteiger partial charge in [0.2, 0.25) is 5.91 Å². The number of fused-ring (bicyclic) bond motifs is 2. The zero-order chi connectivity index (χ0) is 33.7. The number of ether oxygens (including phenoxy) is 2. The van der Waals surface area contributed by atoms with Gasteiger partial charge in [-0.15, -0.1) is 11.7 Å². The monoisotopic (exact) mass is 659 g/mol. The zero-order valence-corrected chi connectivity index (χ0v) is 28.1. The van der Waals surface area contributed by atoms with Crippen molar-refractivity contribution in [3.05, 3.63) is 84.2 Å². The number of hydrogen-bond donors (Lipinski definition) is 2. The van der Waals surface area contributed by atoms with Crippen LogP contribution in [0.2, 0.25) is 18.6 Å². The van der Waals surface area contributed by atoms with Gasteiger partial charge in [0.05, 0.1) is 36.4 Å². The summed E-state index contributed by atoms with van der Waals surface area (Å²) in [6.07, 6.45) is 2.79. The van der Waals surface area contributed by atoms with E-state index in [-0.39, 0.29) is 42.8 Å². The number of aryl methyl sites for hydroxylation is 1. The molecule has 2 fully saturated rings. The van der Waals surface area contributed by atoms with Crippen LogP contribution in [-0.2, 0) is 36.0 Å². The van der Waals surface area contributed by atoms with Crippen molar-refractivity contribution in [1.82, 2.24) is 15.0 Å². The van der Waals surface area contributed by atoms with Crippen molar-refractivity contribution in [2.24, 2.45) is 5.92 Å². The van der Waals surface area contributed by atoms with Crippen molar-refractivity contribution in [3.63, 3.8) is 0 Å². The standard InChI is InChI=1S/C34H41N5O7Si/c1-6-15-38-28-13-12-24(39-30(42)18-31(39)45-22(3)41)17-26(28)34(33(38)43)21(2)32(47(4,5)44)29(46-34)14-16-37-19-27(35-36-37)25(20-40)23-10-8-7-9-11-23/h6-13,17,19,21,25,29,31-32,40,44H,1,14-16,18,20H2,2-5H3/t21-,25?,29+,31?,32-,34+/m0/s1. The third kappa shape index (κ3) is 5.60. The van der Waals surface area contributed by atoms with Gasteiger partial charge in [-0.3, -0.25) is 24.0 Å². The molecule has 1 aromatic heterocycles. The van der Waals surface area contributed by atoms with E-state index in [1.807, 2.05) is 56.5 Å². The van der Waals surface area contributed by atoms with Crippen LogP contribution in [0.25, 0.3) is 0 Å². The van der Waals surface area contributed by atoms with Crippen LogP contribution in [0.3, 0.4) is 0 Å². The second-order valence-electron chi connectivity index (χ2n) is 13.1. The number of amides is 2. The molecule has 4 heterocycles. The lowest BCUT2D eigenvalue weighted by atomic mass is 9.82. The Balaban J connectivity index is 1.32. The molecular formula is C34H41N5O7Si. The maximum Gasteiger partial charge on any atom is 0.304 e. The highest BCUT2D eigenvalue weighted by atomic mass is 28.4. The van der Waals surface area contributed by atoms with Gasteiger partial charge in [0, 0.05) is 48.9 Å². The average molecular weight is 660 g/mol. The lowest BCUT2D eigenvalue weighted by Gasteiger charge is -2.39. The molecule has 0 bridgehead atoms. The van der Waals surface area contributed by atoms with Gasteiger partial charge in [0.25, 0.3) is 5.91 Å². The number of esters is 1. The molecule has 3 aliphatic rings. The Labute approximate surface area is 274 Å². The summed E-state index contributed by atoms with van der Waals surface area (Å²) in [6, 6.07) is 15.0. The molecule has 0 aliphatic carbocycles. The quantitative estimate of drug-likeness (QED) is 0.137. The van der Waals surface area contributed by atoms with Gasteiger partial charge in [-0.05, 0) is 43.3 Å². The maximum atomic E-state index is 14.4. The van der Waals surface area contributed by atoms with E-state index < -0.39 is 38.1 Å². The summed E-state index contributed by atoms with van der Waals surface area (Å²) < 4.78 is 14.0. The first-order valence-corrected chi connectivity index (χ1v) is 19.0. The van der Waals surface area contributed by atoms with E-state index in [0.29, 0.717) is 35.6 Å². The Morgan fingerprint density at radius 1 is 1.23 bits per heavy atom. The van der Waals surface area contributed by atoms with Crippen LogP contribution in [0, 0.1) is 5.92 Å². The summed E-state index contributed by atoms with van der Waals surface area (Å²) in [4.78, 5) is 53.5. The summed E-state index contributed by atoms with van der Waals surface area (Å²) in [7, 11) is -2.92. The fraction of sp³-hybridized carbons (Fsp3) is 0.441. The molecule has 2 unspecified atom stereocenters. The molecular weight excluding hydrogens is 618 g/mol. The molecule has 3 aliphatic heterocycles. The van der Waals surface area contributed by atoms with E-state index in [0.717, 1.165) is 5.56 Å². The third-order valence-corrected chi connectivity index (χ3v) is 12.2. The fourth-order valence-electron chi connectivity index (χ4n) is 7.68. The van der Waals surface area contributed by atoms with E-state index in [1.54, 1.807) is 33.9 Å². The molecule has 0 radical (unpaired) electrons. The smallest absolute Gasteiger partial charge is 0.304 e. The highest BCUT2D eigenvalue weighted by molar-refractivity contribution is 6.71. The maximum absolute atomic E-state index is 14.4. The summed E-state index contributed by atoms with van der Waals surface area (Å²) in [6.45, 7) is 11.4. The molecule has 2 saturated heterocycles. The van der Waals surface area contributed by atoms with Crippen LogP contribution in [0.15, 0.2) is 67.4 Å². The number of carbonyl (C=O) groups is 3. The number of aliphatic hydroxyl groups excluding tert-OH is 1. The minimum Gasteiger partial charge on any atom is -0.441 e. The number of carbonyl (C=O) groups excluding carboxylic acids is 3. The SMILES string of the molecule is C=CCN1C(=O)[C@]2(O[C@H](CCn3cc(C(CO)c4ccccc4)nn3)[C@@H]([Si](C)(C)O)[C@@H]2C)c2cc(N3C(=O)CC3OC(C)=O)ccc21. The number of aromatic nitrogens is 3. The molecule has 248 valence electrons. The van der Waals surface area contributed by atoms with Crippen LogP contribution in [-0.4, -0.2) is 76.5 Å². The second kappa shape index (κ2) is 12.5. The number of hydrogen-bond acceptors (Lipinski definition) is 9. The summed E-state index contributed by atoms with van der Waals surface area (Å²) in [5.41, 5.74) is 1.61. The number of anilines is 2. The molecule has 3 aromatic rings. The molecule has 2 N–H and O–H groups in total. The van der Waals surface area contributed by atoms with Gasteiger partial charge < -0.3 is 24.3 Å². The Morgan fingerprint density at radius 2 is 1.98 bits per heavy atom. The van der Waals surface area contributed by atoms with E-state index in [1.165, 1.54) is 11.8 Å². The van der Waals surface area contributed by atoms with Gasteiger partial charge in [-0.2, -0.15) is 0 Å². The fourth-order valence-corrected chi connectivity index (χ4v) is 10.3. The van der Waals surface area contributed by atoms with E-state index in [4.69, 9.17) is 9.47 Å². The lowest BCUT2D eigenvalue weighted by Crippen LogP contribution is -2.55. The van der Waals surface area contributed by atoms with Crippen LogP contribution in [0.1, 0.15) is 49.4 Å². The summed E-state index contributed by atoms with van der Waals surface area (Å²) in [5.74, 6) is -1.65. The molecule has 12 nitrogen and oxygen atoms in total. The summed E-state index contributed by atoms with van der Waals surface area (Å²) in [5, 5.41) is 18.8. The second-order valence-corrected chi connectivity index (χ2v) is 17.1.